The van der Waals surface area contributed by atoms with Crippen LogP contribution in [-0.2, 0) is 15.6 Å². The molecule has 0 heterocycles. The van der Waals surface area contributed by atoms with E-state index < -0.39 is 15.7 Å². The minimum atomic E-state index is -3.58. The summed E-state index contributed by atoms with van der Waals surface area (Å²) in [5, 5.41) is 0. The highest BCUT2D eigenvalue weighted by molar-refractivity contribution is 7.90. The molecule has 5 nitrogen and oxygen atoms in total. The fourth-order valence-corrected chi connectivity index (χ4v) is 3.31. The summed E-state index contributed by atoms with van der Waals surface area (Å²) in [6, 6.07) is 12.4. The molecule has 0 radical (unpaired) electrons. The number of amides is 1. The lowest BCUT2D eigenvalue weighted by molar-refractivity contribution is 0.0999. The Bertz CT molecular complexity index is 755. The van der Waals surface area contributed by atoms with E-state index in [0.717, 1.165) is 0 Å². The standard InChI is InChI=1S/C14H14N2O3S/c15-11-5-3-6-12(8-11)20(18,19)9-10-4-1-2-7-13(10)14(16)17/h1-8H,9,15H2,(H2,16,17). The summed E-state index contributed by atoms with van der Waals surface area (Å²) in [4.78, 5) is 11.4. The molecule has 0 aliphatic heterocycles. The van der Waals surface area contributed by atoms with E-state index in [1.807, 2.05) is 0 Å². The van der Waals surface area contributed by atoms with Crippen molar-refractivity contribution in [2.45, 2.75) is 10.6 Å². The number of anilines is 1. The number of rotatable bonds is 4. The van der Waals surface area contributed by atoms with Gasteiger partial charge in [0.2, 0.25) is 5.91 Å². The van der Waals surface area contributed by atoms with Crippen molar-refractivity contribution in [2.75, 3.05) is 5.73 Å². The van der Waals surface area contributed by atoms with Crippen molar-refractivity contribution in [1.29, 1.82) is 0 Å². The van der Waals surface area contributed by atoms with Gasteiger partial charge in [-0.1, -0.05) is 24.3 Å². The van der Waals surface area contributed by atoms with Crippen molar-refractivity contribution in [3.63, 3.8) is 0 Å². The summed E-state index contributed by atoms with van der Waals surface area (Å²) in [6.45, 7) is 0. The second-order valence-corrected chi connectivity index (χ2v) is 6.34. The number of carbonyl (C=O) groups excluding carboxylic acids is 1. The number of nitrogen functional groups attached to an aromatic ring is 1. The molecule has 0 saturated carbocycles. The predicted octanol–water partition coefficient (Wildman–Crippen LogP) is 1.34. The molecule has 0 bridgehead atoms. The van der Waals surface area contributed by atoms with Crippen molar-refractivity contribution in [3.8, 4) is 0 Å². The summed E-state index contributed by atoms with van der Waals surface area (Å²) in [6.07, 6.45) is 0. The first-order chi connectivity index (χ1) is 9.40. The molecule has 2 rings (SSSR count). The monoisotopic (exact) mass is 290 g/mol. The average molecular weight is 290 g/mol. The number of benzene rings is 2. The average Bonchev–Trinajstić information content (AvgIpc) is 2.38. The molecule has 0 saturated heterocycles. The van der Waals surface area contributed by atoms with Gasteiger partial charge in [0, 0.05) is 11.3 Å². The summed E-state index contributed by atoms with van der Waals surface area (Å²) in [5.41, 5.74) is 11.8. The molecule has 0 aliphatic rings. The van der Waals surface area contributed by atoms with Crippen molar-refractivity contribution in [3.05, 3.63) is 59.7 Å². The SMILES string of the molecule is NC(=O)c1ccccc1CS(=O)(=O)c1cccc(N)c1. The van der Waals surface area contributed by atoms with Gasteiger partial charge in [-0.05, 0) is 29.8 Å². The lowest BCUT2D eigenvalue weighted by Gasteiger charge is -2.08. The maximum absolute atomic E-state index is 12.3. The van der Waals surface area contributed by atoms with E-state index in [-0.39, 0.29) is 16.2 Å². The third-order valence-corrected chi connectivity index (χ3v) is 4.51. The van der Waals surface area contributed by atoms with Gasteiger partial charge in [-0.2, -0.15) is 0 Å². The third-order valence-electron chi connectivity index (χ3n) is 2.85. The van der Waals surface area contributed by atoms with Gasteiger partial charge in [0.05, 0.1) is 10.6 Å². The Morgan fingerprint density at radius 3 is 2.40 bits per heavy atom. The van der Waals surface area contributed by atoms with E-state index in [2.05, 4.69) is 0 Å². The van der Waals surface area contributed by atoms with Gasteiger partial charge < -0.3 is 11.5 Å². The fourth-order valence-electron chi connectivity index (χ4n) is 1.88. The van der Waals surface area contributed by atoms with Crippen LogP contribution in [0.25, 0.3) is 0 Å². The van der Waals surface area contributed by atoms with Crippen LogP contribution in [0.4, 0.5) is 5.69 Å². The van der Waals surface area contributed by atoms with Gasteiger partial charge in [0.1, 0.15) is 0 Å². The highest BCUT2D eigenvalue weighted by Gasteiger charge is 2.18. The molecule has 104 valence electrons. The Balaban J connectivity index is 2.41. The molecule has 20 heavy (non-hydrogen) atoms. The minimum absolute atomic E-state index is 0.122. The van der Waals surface area contributed by atoms with Crippen molar-refractivity contribution < 1.29 is 13.2 Å². The molecule has 0 aliphatic carbocycles. The maximum atomic E-state index is 12.3. The number of carbonyl (C=O) groups is 1. The fraction of sp³-hybridized carbons (Fsp3) is 0.0714. The topological polar surface area (TPSA) is 103 Å². The molecule has 0 fully saturated rings. The zero-order chi connectivity index (χ0) is 14.8. The first-order valence-corrected chi connectivity index (χ1v) is 7.51. The van der Waals surface area contributed by atoms with Gasteiger partial charge in [-0.3, -0.25) is 4.79 Å². The highest BCUT2D eigenvalue weighted by atomic mass is 32.2. The molecule has 0 spiro atoms. The van der Waals surface area contributed by atoms with Gasteiger partial charge in [0.25, 0.3) is 0 Å². The van der Waals surface area contributed by atoms with Gasteiger partial charge in [0.15, 0.2) is 9.84 Å². The maximum Gasteiger partial charge on any atom is 0.249 e. The molecule has 0 atom stereocenters. The van der Waals surface area contributed by atoms with Crippen LogP contribution in [0.1, 0.15) is 15.9 Å². The summed E-state index contributed by atoms with van der Waals surface area (Å²) >= 11 is 0. The van der Waals surface area contributed by atoms with E-state index in [0.29, 0.717) is 11.3 Å². The van der Waals surface area contributed by atoms with Crippen LogP contribution in [0.3, 0.4) is 0 Å². The highest BCUT2D eigenvalue weighted by Crippen LogP contribution is 2.20. The Labute approximate surface area is 117 Å². The lowest BCUT2D eigenvalue weighted by atomic mass is 10.1. The Morgan fingerprint density at radius 1 is 1.05 bits per heavy atom. The molecule has 0 aromatic heterocycles. The molecule has 4 N–H and O–H groups in total. The third kappa shape index (κ3) is 2.97. The van der Waals surface area contributed by atoms with Crippen LogP contribution in [0.2, 0.25) is 0 Å². The number of nitrogens with two attached hydrogens (primary N) is 2. The molecular weight excluding hydrogens is 276 g/mol. The first kappa shape index (κ1) is 14.1. The van der Waals surface area contributed by atoms with Crippen molar-refractivity contribution >= 4 is 21.4 Å². The quantitative estimate of drug-likeness (QED) is 0.829. The Kier molecular flexibility index (Phi) is 3.76. The van der Waals surface area contributed by atoms with Gasteiger partial charge >= 0.3 is 0 Å². The van der Waals surface area contributed by atoms with Crippen LogP contribution < -0.4 is 11.5 Å². The minimum Gasteiger partial charge on any atom is -0.399 e. The zero-order valence-corrected chi connectivity index (χ0v) is 11.4. The second kappa shape index (κ2) is 5.34. The number of primary amides is 1. The normalized spacial score (nSPS) is 11.2. The zero-order valence-electron chi connectivity index (χ0n) is 10.6. The smallest absolute Gasteiger partial charge is 0.249 e. The molecular formula is C14H14N2O3S. The van der Waals surface area contributed by atoms with Crippen LogP contribution in [0, 0.1) is 0 Å². The van der Waals surface area contributed by atoms with E-state index in [1.54, 1.807) is 30.3 Å². The van der Waals surface area contributed by atoms with Crippen LogP contribution in [-0.4, -0.2) is 14.3 Å². The molecule has 2 aromatic rings. The molecule has 6 heteroatoms. The molecule has 2 aromatic carbocycles. The van der Waals surface area contributed by atoms with E-state index in [4.69, 9.17) is 11.5 Å². The van der Waals surface area contributed by atoms with E-state index in [1.165, 1.54) is 18.2 Å². The predicted molar refractivity (Wildman–Crippen MR) is 76.7 cm³/mol. The van der Waals surface area contributed by atoms with Crippen LogP contribution in [0.5, 0.6) is 0 Å². The van der Waals surface area contributed by atoms with Crippen LogP contribution in [0.15, 0.2) is 53.4 Å². The lowest BCUT2D eigenvalue weighted by Crippen LogP contribution is -2.16. The number of hydrogen-bond acceptors (Lipinski definition) is 4. The van der Waals surface area contributed by atoms with E-state index in [9.17, 15) is 13.2 Å². The summed E-state index contributed by atoms with van der Waals surface area (Å²) < 4.78 is 24.6. The largest absolute Gasteiger partial charge is 0.399 e. The van der Waals surface area contributed by atoms with E-state index >= 15 is 0 Å². The van der Waals surface area contributed by atoms with Gasteiger partial charge in [-0.25, -0.2) is 8.42 Å². The van der Waals surface area contributed by atoms with Gasteiger partial charge in [-0.15, -0.1) is 0 Å². The van der Waals surface area contributed by atoms with Crippen LogP contribution >= 0.6 is 0 Å². The van der Waals surface area contributed by atoms with Crippen molar-refractivity contribution in [2.24, 2.45) is 5.73 Å². The number of hydrogen-bond donors (Lipinski definition) is 2. The van der Waals surface area contributed by atoms with Crippen molar-refractivity contribution in [1.82, 2.24) is 0 Å². The first-order valence-electron chi connectivity index (χ1n) is 5.86. The summed E-state index contributed by atoms with van der Waals surface area (Å²) in [5.74, 6) is -0.946. The molecule has 1 amide bonds. The second-order valence-electron chi connectivity index (χ2n) is 4.35. The number of sulfone groups is 1. The molecule has 0 unspecified atom stereocenters. The summed E-state index contributed by atoms with van der Waals surface area (Å²) in [7, 11) is -3.58. The Morgan fingerprint density at radius 2 is 1.75 bits per heavy atom. The Hall–Kier alpha value is -2.34.